The van der Waals surface area contributed by atoms with E-state index in [2.05, 4.69) is 4.98 Å². The number of aromatic nitrogens is 3. The first-order valence-corrected chi connectivity index (χ1v) is 12.9. The fraction of sp³-hybridized carbons (Fsp3) is 0.714. The summed E-state index contributed by atoms with van der Waals surface area (Å²) in [6.45, 7) is 1.80. The SMILES string of the molecule is CS(=O)(=O)N1CCCC(Cn2nc(C3CCC3)c3c4c(c(=O)[nH]c32)CCCC4)C1. The van der Waals surface area contributed by atoms with Gasteiger partial charge >= 0.3 is 0 Å². The number of nitrogens with zero attached hydrogens (tertiary/aromatic N) is 3. The van der Waals surface area contributed by atoms with Crippen molar-refractivity contribution in [2.24, 2.45) is 5.92 Å². The van der Waals surface area contributed by atoms with Gasteiger partial charge in [0.25, 0.3) is 5.56 Å². The first kappa shape index (κ1) is 19.3. The Balaban J connectivity index is 1.56. The lowest BCUT2D eigenvalue weighted by molar-refractivity contribution is 0.241. The van der Waals surface area contributed by atoms with Crippen molar-refractivity contribution in [1.29, 1.82) is 0 Å². The van der Waals surface area contributed by atoms with Crippen molar-refractivity contribution in [2.45, 2.75) is 70.3 Å². The van der Waals surface area contributed by atoms with E-state index in [1.165, 1.54) is 36.5 Å². The number of H-pyrrole nitrogens is 1. The minimum atomic E-state index is -3.17. The maximum atomic E-state index is 12.8. The van der Waals surface area contributed by atoms with Crippen LogP contribution >= 0.6 is 0 Å². The summed E-state index contributed by atoms with van der Waals surface area (Å²) < 4.78 is 27.6. The molecule has 158 valence electrons. The zero-order chi connectivity index (χ0) is 20.2. The summed E-state index contributed by atoms with van der Waals surface area (Å²) in [5, 5.41) is 6.21. The highest BCUT2D eigenvalue weighted by Gasteiger charge is 2.31. The fourth-order valence-corrected chi connectivity index (χ4v) is 6.28. The summed E-state index contributed by atoms with van der Waals surface area (Å²) in [5.74, 6) is 0.713. The highest BCUT2D eigenvalue weighted by atomic mass is 32.2. The zero-order valence-electron chi connectivity index (χ0n) is 17.1. The number of sulfonamides is 1. The van der Waals surface area contributed by atoms with Crippen LogP contribution in [0.15, 0.2) is 4.79 Å². The lowest BCUT2D eigenvalue weighted by Gasteiger charge is -2.31. The van der Waals surface area contributed by atoms with Crippen molar-refractivity contribution in [2.75, 3.05) is 19.3 Å². The second kappa shape index (κ2) is 7.23. The quantitative estimate of drug-likeness (QED) is 0.826. The highest BCUT2D eigenvalue weighted by molar-refractivity contribution is 7.88. The molecule has 3 aliphatic rings. The Hall–Kier alpha value is -1.67. The molecular formula is C21H30N4O3S. The molecule has 1 unspecified atom stereocenters. The van der Waals surface area contributed by atoms with Crippen LogP contribution in [-0.2, 0) is 29.4 Å². The van der Waals surface area contributed by atoms with Gasteiger partial charge in [0.15, 0.2) is 0 Å². The second-order valence-corrected chi connectivity index (χ2v) is 11.1. The Morgan fingerprint density at radius 1 is 1.07 bits per heavy atom. The van der Waals surface area contributed by atoms with Crippen LogP contribution in [0.25, 0.3) is 11.0 Å². The van der Waals surface area contributed by atoms with Gasteiger partial charge in [-0.1, -0.05) is 6.42 Å². The number of rotatable bonds is 4. The average Bonchev–Trinajstić information content (AvgIpc) is 2.98. The molecule has 2 fully saturated rings. The molecule has 3 heterocycles. The van der Waals surface area contributed by atoms with E-state index in [0.717, 1.165) is 55.4 Å². The average molecular weight is 419 g/mol. The number of pyridine rings is 1. The van der Waals surface area contributed by atoms with Crippen molar-refractivity contribution in [1.82, 2.24) is 19.1 Å². The van der Waals surface area contributed by atoms with Crippen molar-refractivity contribution in [3.63, 3.8) is 0 Å². The topological polar surface area (TPSA) is 88.1 Å². The lowest BCUT2D eigenvalue weighted by Crippen LogP contribution is -2.40. The molecule has 0 bridgehead atoms. The molecule has 0 amide bonds. The van der Waals surface area contributed by atoms with Crippen LogP contribution in [0.2, 0.25) is 0 Å². The third-order valence-corrected chi connectivity index (χ3v) is 8.40. The Morgan fingerprint density at radius 2 is 1.83 bits per heavy atom. The van der Waals surface area contributed by atoms with Crippen molar-refractivity contribution in [3.8, 4) is 0 Å². The molecule has 1 atom stereocenters. The molecule has 2 aliphatic carbocycles. The van der Waals surface area contributed by atoms with Gasteiger partial charge in [0, 0.05) is 36.5 Å². The minimum Gasteiger partial charge on any atom is -0.307 e. The van der Waals surface area contributed by atoms with Gasteiger partial charge in [0.05, 0.1) is 11.9 Å². The molecule has 1 saturated carbocycles. The number of hydrogen-bond donors (Lipinski definition) is 1. The zero-order valence-corrected chi connectivity index (χ0v) is 17.9. The summed E-state index contributed by atoms with van der Waals surface area (Å²) in [7, 11) is -3.17. The van der Waals surface area contributed by atoms with Gasteiger partial charge in [-0.3, -0.25) is 4.79 Å². The van der Waals surface area contributed by atoms with Crippen LogP contribution < -0.4 is 5.56 Å². The van der Waals surface area contributed by atoms with Gasteiger partial charge in [0.1, 0.15) is 5.65 Å². The van der Waals surface area contributed by atoms with Crippen molar-refractivity contribution < 1.29 is 8.42 Å². The fourth-order valence-electron chi connectivity index (χ4n) is 5.34. The first-order chi connectivity index (χ1) is 13.9. The van der Waals surface area contributed by atoms with E-state index in [9.17, 15) is 13.2 Å². The molecule has 7 nitrogen and oxygen atoms in total. The van der Waals surface area contributed by atoms with Gasteiger partial charge in [-0.2, -0.15) is 5.10 Å². The number of aryl methyl sites for hydroxylation is 1. The van der Waals surface area contributed by atoms with Crippen molar-refractivity contribution in [3.05, 3.63) is 27.2 Å². The third kappa shape index (κ3) is 3.44. The van der Waals surface area contributed by atoms with Gasteiger partial charge in [-0.05, 0) is 62.8 Å². The Bertz CT molecular complexity index is 1100. The Kier molecular flexibility index (Phi) is 4.81. The summed E-state index contributed by atoms with van der Waals surface area (Å²) in [6.07, 6.45) is 10.8. The Morgan fingerprint density at radius 3 is 2.52 bits per heavy atom. The molecule has 1 saturated heterocycles. The summed E-state index contributed by atoms with van der Waals surface area (Å²) in [4.78, 5) is 15.9. The lowest BCUT2D eigenvalue weighted by atomic mass is 9.80. The van der Waals surface area contributed by atoms with Crippen LogP contribution in [-0.4, -0.2) is 46.8 Å². The maximum Gasteiger partial charge on any atom is 0.253 e. The predicted octanol–water partition coefficient (Wildman–Crippen LogP) is 2.54. The smallest absolute Gasteiger partial charge is 0.253 e. The largest absolute Gasteiger partial charge is 0.307 e. The monoisotopic (exact) mass is 418 g/mol. The van der Waals surface area contributed by atoms with Gasteiger partial charge in [0.2, 0.25) is 10.0 Å². The molecule has 0 spiro atoms. The number of aromatic amines is 1. The van der Waals surface area contributed by atoms with Gasteiger partial charge in [-0.15, -0.1) is 0 Å². The normalized spacial score (nSPS) is 23.8. The van der Waals surface area contributed by atoms with E-state index < -0.39 is 10.0 Å². The van der Waals surface area contributed by atoms with E-state index in [0.29, 0.717) is 25.6 Å². The number of piperidine rings is 1. The predicted molar refractivity (Wildman–Crippen MR) is 113 cm³/mol. The Labute approximate surface area is 171 Å². The van der Waals surface area contributed by atoms with Crippen LogP contribution in [0.1, 0.15) is 67.7 Å². The molecule has 8 heteroatoms. The number of hydrogen-bond acceptors (Lipinski definition) is 4. The van der Waals surface area contributed by atoms with E-state index in [4.69, 9.17) is 5.10 Å². The number of fused-ring (bicyclic) bond motifs is 3. The molecule has 5 rings (SSSR count). The van der Waals surface area contributed by atoms with Crippen LogP contribution in [0, 0.1) is 5.92 Å². The number of nitrogens with one attached hydrogen (secondary N) is 1. The summed E-state index contributed by atoms with van der Waals surface area (Å²) >= 11 is 0. The summed E-state index contributed by atoms with van der Waals surface area (Å²) in [5.41, 5.74) is 4.25. The van der Waals surface area contributed by atoms with Crippen LogP contribution in [0.4, 0.5) is 0 Å². The van der Waals surface area contributed by atoms with E-state index in [-0.39, 0.29) is 11.5 Å². The minimum absolute atomic E-state index is 0.0370. The van der Waals surface area contributed by atoms with E-state index in [1.54, 1.807) is 4.31 Å². The third-order valence-electron chi connectivity index (χ3n) is 7.13. The molecule has 1 N–H and O–H groups in total. The maximum absolute atomic E-state index is 12.8. The van der Waals surface area contributed by atoms with E-state index >= 15 is 0 Å². The van der Waals surface area contributed by atoms with Crippen LogP contribution in [0.5, 0.6) is 0 Å². The van der Waals surface area contributed by atoms with Gasteiger partial charge < -0.3 is 4.98 Å². The molecule has 1 aliphatic heterocycles. The summed E-state index contributed by atoms with van der Waals surface area (Å²) in [6, 6.07) is 0. The van der Waals surface area contributed by atoms with Crippen LogP contribution in [0.3, 0.4) is 0 Å². The molecule has 2 aromatic heterocycles. The molecule has 29 heavy (non-hydrogen) atoms. The van der Waals surface area contributed by atoms with Gasteiger partial charge in [-0.25, -0.2) is 17.4 Å². The molecule has 0 radical (unpaired) electrons. The molecule has 0 aromatic carbocycles. The first-order valence-electron chi connectivity index (χ1n) is 11.0. The standard InChI is InChI=1S/C21H30N4O3S/c1-29(27,28)24-11-5-6-14(12-24)13-25-20-18(19(23-25)15-7-4-8-15)16-9-2-3-10-17(16)21(26)22-20/h14-15H,2-13H2,1H3,(H,22,26). The highest BCUT2D eigenvalue weighted by Crippen LogP contribution is 2.41. The molecule has 2 aromatic rings. The van der Waals surface area contributed by atoms with E-state index in [1.807, 2.05) is 4.68 Å². The molecular weight excluding hydrogens is 388 g/mol. The van der Waals surface area contributed by atoms with Crippen molar-refractivity contribution >= 4 is 21.1 Å². The second-order valence-electron chi connectivity index (χ2n) is 9.17.